The van der Waals surface area contributed by atoms with Crippen LogP contribution in [-0.2, 0) is 0 Å². The molecule has 0 amide bonds. The van der Waals surface area contributed by atoms with E-state index < -0.39 is 0 Å². The second-order valence-corrected chi connectivity index (χ2v) is 9.82. The average Bonchev–Trinajstić information content (AvgIpc) is 2.92. The van der Waals surface area contributed by atoms with E-state index >= 15 is 0 Å². The van der Waals surface area contributed by atoms with Gasteiger partial charge in [0.2, 0.25) is 0 Å². The smallest absolute Gasteiger partial charge is 0.119 e. The Hall–Kier alpha value is -3.13. The molecule has 0 saturated carbocycles. The van der Waals surface area contributed by atoms with Crippen molar-refractivity contribution in [3.05, 3.63) is 89.5 Å². The number of nitriles is 1. The largest absolute Gasteiger partial charge is 0.492 e. The van der Waals surface area contributed by atoms with Crippen molar-refractivity contribution in [2.45, 2.75) is 45.6 Å². The van der Waals surface area contributed by atoms with Gasteiger partial charge in [-0.15, -0.1) is 0 Å². The molecule has 0 aliphatic carbocycles. The maximum absolute atomic E-state index is 9.33. The highest BCUT2D eigenvalue weighted by molar-refractivity contribution is 5.64. The lowest BCUT2D eigenvalue weighted by Gasteiger charge is -2.39. The lowest BCUT2D eigenvalue weighted by atomic mass is 9.95. The highest BCUT2D eigenvalue weighted by atomic mass is 16.5. The molecule has 1 aliphatic heterocycles. The van der Waals surface area contributed by atoms with Gasteiger partial charge in [-0.05, 0) is 53.8 Å². The normalized spacial score (nSPS) is 15.4. The summed E-state index contributed by atoms with van der Waals surface area (Å²) >= 11 is 0. The summed E-state index contributed by atoms with van der Waals surface area (Å²) in [5, 5.41) is 9.33. The summed E-state index contributed by atoms with van der Waals surface area (Å²) in [5.74, 6) is 0.933. The SMILES string of the molecule is CCCCCC(c1ccc(C#N)c(C)c1)N1CCN(CCOc2cccc(-c3ccccc3)c2)CC1. The van der Waals surface area contributed by atoms with Crippen molar-refractivity contribution in [1.82, 2.24) is 9.80 Å². The molecule has 0 N–H and O–H groups in total. The van der Waals surface area contributed by atoms with Gasteiger partial charge in [-0.2, -0.15) is 5.26 Å². The lowest BCUT2D eigenvalue weighted by Crippen LogP contribution is -2.48. The van der Waals surface area contributed by atoms with E-state index in [-0.39, 0.29) is 0 Å². The number of hydrogen-bond donors (Lipinski definition) is 0. The molecule has 0 spiro atoms. The van der Waals surface area contributed by atoms with E-state index in [1.807, 2.05) is 18.2 Å². The van der Waals surface area contributed by atoms with Crippen LogP contribution in [0, 0.1) is 18.3 Å². The zero-order valence-corrected chi connectivity index (χ0v) is 21.8. The van der Waals surface area contributed by atoms with Crippen molar-refractivity contribution in [3.63, 3.8) is 0 Å². The quantitative estimate of drug-likeness (QED) is 0.281. The fourth-order valence-electron chi connectivity index (χ4n) is 5.15. The van der Waals surface area contributed by atoms with Gasteiger partial charge in [0.25, 0.3) is 0 Å². The van der Waals surface area contributed by atoms with Crippen LogP contribution in [-0.4, -0.2) is 49.1 Å². The van der Waals surface area contributed by atoms with Crippen LogP contribution in [0.25, 0.3) is 11.1 Å². The minimum Gasteiger partial charge on any atom is -0.492 e. The van der Waals surface area contributed by atoms with Crippen LogP contribution in [0.4, 0.5) is 0 Å². The molecule has 4 rings (SSSR count). The number of rotatable bonds is 11. The molecule has 3 aromatic carbocycles. The third-order valence-electron chi connectivity index (χ3n) is 7.30. The first-order valence-corrected chi connectivity index (χ1v) is 13.4. The zero-order valence-electron chi connectivity index (χ0n) is 21.8. The minimum absolute atomic E-state index is 0.433. The number of benzene rings is 3. The number of piperazine rings is 1. The predicted octanol–water partition coefficient (Wildman–Crippen LogP) is 6.85. The molecule has 1 heterocycles. The van der Waals surface area contributed by atoms with Crippen LogP contribution in [0.2, 0.25) is 0 Å². The molecule has 3 aromatic rings. The standard InChI is InChI=1S/C32H39N3O/c1-3-4-6-14-32(29-15-16-30(25-33)26(2)23-29)35-19-17-34(18-20-35)21-22-36-31-13-9-12-28(24-31)27-10-7-5-8-11-27/h5,7-13,15-16,23-24,32H,3-4,6,14,17-22H2,1-2H3. The summed E-state index contributed by atoms with van der Waals surface area (Å²) in [7, 11) is 0. The van der Waals surface area contributed by atoms with E-state index in [9.17, 15) is 5.26 Å². The summed E-state index contributed by atoms with van der Waals surface area (Å²) in [6.07, 6.45) is 4.94. The van der Waals surface area contributed by atoms with Crippen molar-refractivity contribution in [1.29, 1.82) is 5.26 Å². The third kappa shape index (κ3) is 6.97. The Morgan fingerprint density at radius 3 is 2.39 bits per heavy atom. The summed E-state index contributed by atoms with van der Waals surface area (Å²) < 4.78 is 6.13. The van der Waals surface area contributed by atoms with Crippen molar-refractivity contribution in [3.8, 4) is 22.9 Å². The molecule has 1 aliphatic rings. The van der Waals surface area contributed by atoms with Gasteiger partial charge in [-0.25, -0.2) is 0 Å². The van der Waals surface area contributed by atoms with Gasteiger partial charge in [-0.3, -0.25) is 9.80 Å². The molecule has 188 valence electrons. The topological polar surface area (TPSA) is 39.5 Å². The average molecular weight is 482 g/mol. The zero-order chi connectivity index (χ0) is 25.2. The number of ether oxygens (including phenoxy) is 1. The Labute approximate surface area is 217 Å². The van der Waals surface area contributed by atoms with Gasteiger partial charge < -0.3 is 4.74 Å². The molecule has 1 unspecified atom stereocenters. The number of hydrogen-bond acceptors (Lipinski definition) is 4. The fraction of sp³-hybridized carbons (Fsp3) is 0.406. The molecule has 36 heavy (non-hydrogen) atoms. The van der Waals surface area contributed by atoms with Crippen molar-refractivity contribution >= 4 is 0 Å². The Morgan fingerprint density at radius 1 is 0.889 bits per heavy atom. The number of aryl methyl sites for hydroxylation is 1. The van der Waals surface area contributed by atoms with E-state index in [2.05, 4.69) is 84.3 Å². The monoisotopic (exact) mass is 481 g/mol. The molecule has 1 saturated heterocycles. The maximum Gasteiger partial charge on any atom is 0.119 e. The van der Waals surface area contributed by atoms with Crippen molar-refractivity contribution < 1.29 is 4.74 Å². The molecule has 4 nitrogen and oxygen atoms in total. The van der Waals surface area contributed by atoms with E-state index in [1.165, 1.54) is 42.4 Å². The van der Waals surface area contributed by atoms with Crippen LogP contribution in [0.1, 0.15) is 55.3 Å². The van der Waals surface area contributed by atoms with E-state index in [0.29, 0.717) is 12.6 Å². The van der Waals surface area contributed by atoms with Crippen LogP contribution < -0.4 is 4.74 Å². The third-order valence-corrected chi connectivity index (χ3v) is 7.30. The van der Waals surface area contributed by atoms with Crippen LogP contribution in [0.3, 0.4) is 0 Å². The highest BCUT2D eigenvalue weighted by Crippen LogP contribution is 2.29. The van der Waals surface area contributed by atoms with E-state index in [4.69, 9.17) is 4.74 Å². The first-order valence-electron chi connectivity index (χ1n) is 13.4. The van der Waals surface area contributed by atoms with Gasteiger partial charge in [0.15, 0.2) is 0 Å². The molecular weight excluding hydrogens is 442 g/mol. The summed E-state index contributed by atoms with van der Waals surface area (Å²) in [4.78, 5) is 5.17. The summed E-state index contributed by atoms with van der Waals surface area (Å²) in [5.41, 5.74) is 5.63. The van der Waals surface area contributed by atoms with Gasteiger partial charge >= 0.3 is 0 Å². The van der Waals surface area contributed by atoms with Crippen LogP contribution in [0.5, 0.6) is 5.75 Å². The first-order chi connectivity index (χ1) is 17.7. The molecule has 0 bridgehead atoms. The van der Waals surface area contributed by atoms with Crippen molar-refractivity contribution in [2.75, 3.05) is 39.3 Å². The van der Waals surface area contributed by atoms with Crippen LogP contribution >= 0.6 is 0 Å². The van der Waals surface area contributed by atoms with E-state index in [1.54, 1.807) is 0 Å². The molecule has 1 fully saturated rings. The van der Waals surface area contributed by atoms with Gasteiger partial charge in [0.05, 0.1) is 11.6 Å². The Bertz CT molecular complexity index is 1130. The Balaban J connectivity index is 1.29. The molecular formula is C32H39N3O. The van der Waals surface area contributed by atoms with Gasteiger partial charge in [0, 0.05) is 38.8 Å². The summed E-state index contributed by atoms with van der Waals surface area (Å²) in [6, 6.07) is 28.0. The highest BCUT2D eigenvalue weighted by Gasteiger charge is 2.25. The molecule has 0 aromatic heterocycles. The lowest BCUT2D eigenvalue weighted by molar-refractivity contribution is 0.0817. The van der Waals surface area contributed by atoms with Gasteiger partial charge in [-0.1, -0.05) is 80.8 Å². The minimum atomic E-state index is 0.433. The number of nitrogens with zero attached hydrogens (tertiary/aromatic N) is 3. The maximum atomic E-state index is 9.33. The van der Waals surface area contributed by atoms with Crippen molar-refractivity contribution in [2.24, 2.45) is 0 Å². The number of unbranched alkanes of at least 4 members (excludes halogenated alkanes) is 2. The Morgan fingerprint density at radius 2 is 1.67 bits per heavy atom. The first kappa shape index (κ1) is 25.9. The predicted molar refractivity (Wildman–Crippen MR) is 148 cm³/mol. The molecule has 4 heteroatoms. The summed E-state index contributed by atoms with van der Waals surface area (Å²) in [6.45, 7) is 10.2. The Kier molecular flexibility index (Phi) is 9.55. The van der Waals surface area contributed by atoms with E-state index in [0.717, 1.165) is 49.6 Å². The van der Waals surface area contributed by atoms with Crippen LogP contribution in [0.15, 0.2) is 72.8 Å². The fourth-order valence-corrected chi connectivity index (χ4v) is 5.15. The second-order valence-electron chi connectivity index (χ2n) is 9.82. The molecule has 1 atom stereocenters. The van der Waals surface area contributed by atoms with Gasteiger partial charge in [0.1, 0.15) is 12.4 Å². The second kappa shape index (κ2) is 13.3. The molecule has 0 radical (unpaired) electrons.